The van der Waals surface area contributed by atoms with Gasteiger partial charge in [0.1, 0.15) is 0 Å². The van der Waals surface area contributed by atoms with Gasteiger partial charge in [-0.25, -0.2) is 0 Å². The molecule has 1 saturated carbocycles. The van der Waals surface area contributed by atoms with Crippen LogP contribution >= 0.6 is 0 Å². The van der Waals surface area contributed by atoms with E-state index in [1.807, 2.05) is 13.8 Å². The maximum Gasteiger partial charge on any atom is 0.308 e. The molecule has 0 aromatic rings. The fourth-order valence-corrected chi connectivity index (χ4v) is 2.13. The highest BCUT2D eigenvalue weighted by Gasteiger charge is 2.27. The third-order valence-corrected chi connectivity index (χ3v) is 3.10. The van der Waals surface area contributed by atoms with Crippen molar-refractivity contribution in [2.45, 2.75) is 51.7 Å². The zero-order valence-electron chi connectivity index (χ0n) is 11.1. The van der Waals surface area contributed by atoms with Gasteiger partial charge in [-0.3, -0.25) is 4.79 Å². The third-order valence-electron chi connectivity index (χ3n) is 3.10. The highest BCUT2D eigenvalue weighted by atomic mass is 16.5. The molecule has 4 nitrogen and oxygen atoms in total. The fraction of sp³-hybridized carbons (Fsp3) is 0.923. The molecule has 0 aromatic carbocycles. The van der Waals surface area contributed by atoms with E-state index in [1.165, 1.54) is 7.11 Å². The number of rotatable bonds is 6. The molecule has 1 fully saturated rings. The quantitative estimate of drug-likeness (QED) is 0.530. The normalized spacial score (nSPS) is 24.9. The average Bonchev–Trinajstić information content (AvgIpc) is 2.34. The van der Waals surface area contributed by atoms with Gasteiger partial charge in [0, 0.05) is 0 Å². The summed E-state index contributed by atoms with van der Waals surface area (Å²) in [5.74, 6) is -0.00152. The first-order valence-electron chi connectivity index (χ1n) is 6.44. The maximum absolute atomic E-state index is 11.3. The summed E-state index contributed by atoms with van der Waals surface area (Å²) in [7, 11) is 1.45. The van der Waals surface area contributed by atoms with Crippen molar-refractivity contribution in [3.05, 3.63) is 0 Å². The van der Waals surface area contributed by atoms with Crippen LogP contribution in [0.1, 0.15) is 39.5 Å². The summed E-state index contributed by atoms with van der Waals surface area (Å²) in [5, 5.41) is 0. The molecule has 100 valence electrons. The molecule has 17 heavy (non-hydrogen) atoms. The summed E-state index contributed by atoms with van der Waals surface area (Å²) in [6.45, 7) is 5.32. The molecule has 0 amide bonds. The minimum Gasteiger partial charge on any atom is -0.469 e. The number of esters is 1. The number of methoxy groups -OCH3 is 1. The van der Waals surface area contributed by atoms with E-state index in [0.29, 0.717) is 13.2 Å². The third kappa shape index (κ3) is 5.50. The SMILES string of the molecule is COC(=O)C1CCC(OCCOC(C)C)CC1. The molecule has 0 spiro atoms. The first-order chi connectivity index (χ1) is 8.13. The zero-order valence-corrected chi connectivity index (χ0v) is 11.1. The standard InChI is InChI=1S/C13H24O4/c1-10(2)16-8-9-17-12-6-4-11(5-7-12)13(14)15-3/h10-12H,4-9H2,1-3H3. The van der Waals surface area contributed by atoms with Crippen LogP contribution in [0.2, 0.25) is 0 Å². The van der Waals surface area contributed by atoms with Crippen LogP contribution in [0.15, 0.2) is 0 Å². The number of carbonyl (C=O) groups is 1. The van der Waals surface area contributed by atoms with Crippen molar-refractivity contribution in [2.75, 3.05) is 20.3 Å². The molecule has 0 radical (unpaired) electrons. The van der Waals surface area contributed by atoms with E-state index in [-0.39, 0.29) is 24.1 Å². The molecule has 0 aromatic heterocycles. The predicted molar refractivity (Wildman–Crippen MR) is 64.8 cm³/mol. The van der Waals surface area contributed by atoms with Crippen LogP contribution in [0.4, 0.5) is 0 Å². The Balaban J connectivity index is 2.09. The van der Waals surface area contributed by atoms with Gasteiger partial charge in [-0.1, -0.05) is 0 Å². The van der Waals surface area contributed by atoms with Gasteiger partial charge >= 0.3 is 5.97 Å². The average molecular weight is 244 g/mol. The highest BCUT2D eigenvalue weighted by Crippen LogP contribution is 2.26. The van der Waals surface area contributed by atoms with Crippen LogP contribution < -0.4 is 0 Å². The van der Waals surface area contributed by atoms with Crippen LogP contribution in [0, 0.1) is 5.92 Å². The second kappa shape index (κ2) is 7.67. The van der Waals surface area contributed by atoms with Crippen LogP contribution in [0.3, 0.4) is 0 Å². The Hall–Kier alpha value is -0.610. The van der Waals surface area contributed by atoms with Crippen LogP contribution in [-0.4, -0.2) is 38.5 Å². The van der Waals surface area contributed by atoms with E-state index in [9.17, 15) is 4.79 Å². The fourth-order valence-electron chi connectivity index (χ4n) is 2.13. The van der Waals surface area contributed by atoms with Crippen LogP contribution in [0.25, 0.3) is 0 Å². The van der Waals surface area contributed by atoms with Gasteiger partial charge in [0.05, 0.1) is 38.4 Å². The number of hydrogen-bond donors (Lipinski definition) is 0. The van der Waals surface area contributed by atoms with Gasteiger partial charge in [-0.2, -0.15) is 0 Å². The van der Waals surface area contributed by atoms with Gasteiger partial charge in [0.2, 0.25) is 0 Å². The number of carbonyl (C=O) groups excluding carboxylic acids is 1. The Bertz CT molecular complexity index is 219. The molecule has 1 aliphatic carbocycles. The zero-order chi connectivity index (χ0) is 12.7. The summed E-state index contributed by atoms with van der Waals surface area (Å²) in [4.78, 5) is 11.3. The summed E-state index contributed by atoms with van der Waals surface area (Å²) in [5.41, 5.74) is 0. The molecular weight excluding hydrogens is 220 g/mol. The lowest BCUT2D eigenvalue weighted by atomic mass is 9.87. The summed E-state index contributed by atoms with van der Waals surface area (Å²) in [6.07, 6.45) is 4.19. The van der Waals surface area contributed by atoms with E-state index in [1.54, 1.807) is 0 Å². The molecule has 0 bridgehead atoms. The maximum atomic E-state index is 11.3. The van der Waals surface area contributed by atoms with E-state index >= 15 is 0 Å². The van der Waals surface area contributed by atoms with E-state index < -0.39 is 0 Å². The molecule has 1 rings (SSSR count). The van der Waals surface area contributed by atoms with E-state index in [0.717, 1.165) is 25.7 Å². The Morgan fingerprint density at radius 1 is 1.18 bits per heavy atom. The summed E-state index contributed by atoms with van der Waals surface area (Å²) in [6, 6.07) is 0. The smallest absolute Gasteiger partial charge is 0.308 e. The lowest BCUT2D eigenvalue weighted by molar-refractivity contribution is -0.147. The van der Waals surface area contributed by atoms with Crippen molar-refractivity contribution in [3.8, 4) is 0 Å². The molecule has 0 unspecified atom stereocenters. The Morgan fingerprint density at radius 2 is 1.82 bits per heavy atom. The highest BCUT2D eigenvalue weighted by molar-refractivity contribution is 5.72. The van der Waals surface area contributed by atoms with Gasteiger partial charge in [0.15, 0.2) is 0 Å². The Labute approximate surface area is 104 Å². The molecule has 0 atom stereocenters. The Morgan fingerprint density at radius 3 is 2.35 bits per heavy atom. The molecule has 4 heteroatoms. The summed E-state index contributed by atoms with van der Waals surface area (Å²) < 4.78 is 15.9. The molecule has 0 N–H and O–H groups in total. The molecule has 0 aliphatic heterocycles. The van der Waals surface area contributed by atoms with Crippen molar-refractivity contribution in [1.82, 2.24) is 0 Å². The second-order valence-corrected chi connectivity index (χ2v) is 4.79. The van der Waals surface area contributed by atoms with Crippen molar-refractivity contribution in [1.29, 1.82) is 0 Å². The number of ether oxygens (including phenoxy) is 3. The minimum absolute atomic E-state index is 0.0757. The lowest BCUT2D eigenvalue weighted by Gasteiger charge is -2.27. The van der Waals surface area contributed by atoms with Crippen LogP contribution in [0.5, 0.6) is 0 Å². The monoisotopic (exact) mass is 244 g/mol. The van der Waals surface area contributed by atoms with Crippen molar-refractivity contribution in [2.24, 2.45) is 5.92 Å². The van der Waals surface area contributed by atoms with Gasteiger partial charge in [0.25, 0.3) is 0 Å². The van der Waals surface area contributed by atoms with Crippen molar-refractivity contribution in [3.63, 3.8) is 0 Å². The molecule has 1 aliphatic rings. The molecular formula is C13H24O4. The van der Waals surface area contributed by atoms with Gasteiger partial charge in [-0.05, 0) is 39.5 Å². The first-order valence-corrected chi connectivity index (χ1v) is 6.44. The molecule has 0 saturated heterocycles. The predicted octanol–water partition coefficient (Wildman–Crippen LogP) is 2.16. The topological polar surface area (TPSA) is 44.8 Å². The lowest BCUT2D eigenvalue weighted by Crippen LogP contribution is -2.28. The number of hydrogen-bond acceptors (Lipinski definition) is 4. The largest absolute Gasteiger partial charge is 0.469 e. The second-order valence-electron chi connectivity index (χ2n) is 4.79. The molecule has 0 heterocycles. The van der Waals surface area contributed by atoms with Gasteiger partial charge in [-0.15, -0.1) is 0 Å². The van der Waals surface area contributed by atoms with E-state index in [2.05, 4.69) is 0 Å². The minimum atomic E-state index is -0.0772. The first kappa shape index (κ1) is 14.5. The summed E-state index contributed by atoms with van der Waals surface area (Å²) >= 11 is 0. The van der Waals surface area contributed by atoms with Crippen molar-refractivity contribution >= 4 is 5.97 Å². The Kier molecular flexibility index (Phi) is 6.52. The van der Waals surface area contributed by atoms with Crippen LogP contribution in [-0.2, 0) is 19.0 Å². The van der Waals surface area contributed by atoms with E-state index in [4.69, 9.17) is 14.2 Å². The van der Waals surface area contributed by atoms with Gasteiger partial charge < -0.3 is 14.2 Å². The van der Waals surface area contributed by atoms with Crippen molar-refractivity contribution < 1.29 is 19.0 Å².